The van der Waals surface area contributed by atoms with Crippen molar-refractivity contribution >= 4 is 29.5 Å². The van der Waals surface area contributed by atoms with E-state index in [0.29, 0.717) is 61.4 Å². The number of nitrogens with one attached hydrogen (secondary N) is 1. The molecule has 1 amide bonds. The van der Waals surface area contributed by atoms with E-state index in [0.717, 1.165) is 38.5 Å². The van der Waals surface area contributed by atoms with E-state index in [9.17, 15) is 34.4 Å². The second-order valence-corrected chi connectivity index (χ2v) is 16.4. The van der Waals surface area contributed by atoms with Crippen molar-refractivity contribution in [2.24, 2.45) is 51.5 Å². The lowest BCUT2D eigenvalue weighted by Crippen LogP contribution is -2.54. The number of non-ortho nitro benzene ring substituents is 1. The third-order valence-corrected chi connectivity index (χ3v) is 13.7. The van der Waals surface area contributed by atoms with Gasteiger partial charge < -0.3 is 24.6 Å². The van der Waals surface area contributed by atoms with Gasteiger partial charge in [-0.15, -0.1) is 0 Å². The van der Waals surface area contributed by atoms with Crippen LogP contribution in [0, 0.1) is 56.5 Å². The van der Waals surface area contributed by atoms with Crippen LogP contribution in [-0.2, 0) is 28.6 Å². The Morgan fingerprint density at radius 1 is 1.02 bits per heavy atom. The molecule has 2 N–H and O–H groups in total. The molecule has 0 unspecified atom stereocenters. The van der Waals surface area contributed by atoms with Crippen LogP contribution in [-0.4, -0.2) is 72.4 Å². The number of carbonyl (C=O) groups is 4. The number of ether oxygens (including phenoxy) is 3. The van der Waals surface area contributed by atoms with Gasteiger partial charge in [0.25, 0.3) is 11.6 Å². The molecule has 296 valence electrons. The zero-order chi connectivity index (χ0) is 39.0. The zero-order valence-corrected chi connectivity index (χ0v) is 31.7. The van der Waals surface area contributed by atoms with E-state index in [2.05, 4.69) is 36.1 Å². The molecule has 4 aliphatic carbocycles. The molecular formula is C39H55N5O10. The molecule has 0 aromatic heterocycles. The first-order chi connectivity index (χ1) is 25.8. The maximum Gasteiger partial charge on any atom is 0.329 e. The van der Waals surface area contributed by atoms with Gasteiger partial charge in [-0.3, -0.25) is 24.5 Å². The highest BCUT2D eigenvalue weighted by Gasteiger charge is 2.60. The van der Waals surface area contributed by atoms with Gasteiger partial charge in [0.1, 0.15) is 18.8 Å². The van der Waals surface area contributed by atoms with Crippen LogP contribution in [0.2, 0.25) is 0 Å². The summed E-state index contributed by atoms with van der Waals surface area (Å²) in [5.74, 6) is 0.246. The maximum atomic E-state index is 13.3. The van der Waals surface area contributed by atoms with Gasteiger partial charge in [-0.05, 0) is 128 Å². The molecule has 54 heavy (non-hydrogen) atoms. The van der Waals surface area contributed by atoms with Crippen LogP contribution in [0.3, 0.4) is 0 Å². The van der Waals surface area contributed by atoms with Gasteiger partial charge in [0.2, 0.25) is 0 Å². The number of nitro groups is 1. The summed E-state index contributed by atoms with van der Waals surface area (Å²) in [6, 6.07) is 3.47. The SMILES string of the molecule is C[C@H](CCC(=O)OCCOCCN=[N+]=[N-])[C@H]1CC[C@H]2[C@@H]3CC[C@@H]4C[C@H](OC(=O)[C@H](CC(=O)O)NC(=O)c5ccc([N+](=O)[O-])cc5)CC[C@]4(C)[C@H]3CC[C@]12C. The number of benzene rings is 1. The molecule has 1 aromatic carbocycles. The van der Waals surface area contributed by atoms with E-state index in [1.807, 2.05) is 0 Å². The largest absolute Gasteiger partial charge is 0.481 e. The minimum absolute atomic E-state index is 0.0696. The van der Waals surface area contributed by atoms with Gasteiger partial charge in [0.15, 0.2) is 0 Å². The van der Waals surface area contributed by atoms with E-state index < -0.39 is 35.2 Å². The van der Waals surface area contributed by atoms with Crippen molar-refractivity contribution in [2.75, 3.05) is 26.4 Å². The summed E-state index contributed by atoms with van der Waals surface area (Å²) in [5, 5.41) is 26.3. The lowest BCUT2D eigenvalue weighted by atomic mass is 9.44. The molecule has 4 aliphatic rings. The van der Waals surface area contributed by atoms with Crippen LogP contribution in [0.4, 0.5) is 5.69 Å². The molecule has 4 saturated carbocycles. The van der Waals surface area contributed by atoms with Crippen LogP contribution >= 0.6 is 0 Å². The van der Waals surface area contributed by atoms with Crippen LogP contribution in [0.5, 0.6) is 0 Å². The Bertz CT molecular complexity index is 1580. The number of hydrogen-bond donors (Lipinski definition) is 2. The molecule has 5 rings (SSSR count). The fraction of sp³-hybridized carbons (Fsp3) is 0.744. The monoisotopic (exact) mass is 753 g/mol. The number of amides is 1. The van der Waals surface area contributed by atoms with Crippen molar-refractivity contribution in [2.45, 2.75) is 110 Å². The molecule has 10 atom stereocenters. The van der Waals surface area contributed by atoms with Gasteiger partial charge in [-0.1, -0.05) is 25.9 Å². The molecule has 0 heterocycles. The van der Waals surface area contributed by atoms with Crippen LogP contribution in [0.1, 0.15) is 108 Å². The molecule has 0 bridgehead atoms. The average Bonchev–Trinajstić information content (AvgIpc) is 3.50. The van der Waals surface area contributed by atoms with E-state index in [-0.39, 0.29) is 53.9 Å². The Balaban J connectivity index is 1.12. The van der Waals surface area contributed by atoms with Crippen molar-refractivity contribution in [1.82, 2.24) is 5.32 Å². The molecule has 0 spiro atoms. The predicted octanol–water partition coefficient (Wildman–Crippen LogP) is 7.03. The molecule has 0 radical (unpaired) electrons. The summed E-state index contributed by atoms with van der Waals surface area (Å²) >= 11 is 0. The number of esters is 2. The highest BCUT2D eigenvalue weighted by molar-refractivity contribution is 5.97. The first-order valence-corrected chi connectivity index (χ1v) is 19.5. The first-order valence-electron chi connectivity index (χ1n) is 19.5. The standard InChI is InChI=1S/C39H55N5O10/c1-24(4-13-35(47)53-21-20-52-19-18-41-43-40)30-11-12-31-29-10-7-26-22-28(14-16-38(26,2)32(29)15-17-39(30,31)3)54-37(49)33(23-34(45)46)42-36(48)25-5-8-27(9-6-25)44(50)51/h5-6,8-9,24,26,28-33H,4,7,10-23H2,1-3H3,(H,42,48)(H,45,46)/t24-,26-,28-,29+,30-,31+,32+,33+,38+,39-/m1/s1. The predicted molar refractivity (Wildman–Crippen MR) is 196 cm³/mol. The number of hydrogen-bond acceptors (Lipinski definition) is 10. The summed E-state index contributed by atoms with van der Waals surface area (Å²) in [5.41, 5.74) is 8.55. The number of nitro benzene ring substituents is 1. The minimum atomic E-state index is -1.39. The van der Waals surface area contributed by atoms with Gasteiger partial charge in [0.05, 0.1) is 24.6 Å². The van der Waals surface area contributed by atoms with Gasteiger partial charge >= 0.3 is 17.9 Å². The number of rotatable bonds is 17. The lowest BCUT2D eigenvalue weighted by molar-refractivity contribution is -0.384. The highest BCUT2D eigenvalue weighted by Crippen LogP contribution is 2.68. The topological polar surface area (TPSA) is 220 Å². The second-order valence-electron chi connectivity index (χ2n) is 16.4. The summed E-state index contributed by atoms with van der Waals surface area (Å²) in [6.07, 6.45) is 9.38. The smallest absolute Gasteiger partial charge is 0.329 e. The zero-order valence-electron chi connectivity index (χ0n) is 31.7. The lowest BCUT2D eigenvalue weighted by Gasteiger charge is -2.61. The molecule has 4 fully saturated rings. The van der Waals surface area contributed by atoms with Crippen molar-refractivity contribution in [1.29, 1.82) is 0 Å². The number of carboxylic acids is 1. The summed E-state index contributed by atoms with van der Waals surface area (Å²) in [7, 11) is 0. The molecule has 0 saturated heterocycles. The normalized spacial score (nSPS) is 30.9. The fourth-order valence-corrected chi connectivity index (χ4v) is 11.0. The number of fused-ring (bicyclic) bond motifs is 5. The summed E-state index contributed by atoms with van der Waals surface area (Å²) < 4.78 is 16.6. The van der Waals surface area contributed by atoms with Crippen molar-refractivity contribution in [3.05, 3.63) is 50.4 Å². The van der Waals surface area contributed by atoms with E-state index in [1.54, 1.807) is 0 Å². The second kappa shape index (κ2) is 17.9. The highest BCUT2D eigenvalue weighted by atomic mass is 16.6. The molecule has 1 aromatic rings. The number of aliphatic carboxylic acids is 1. The summed E-state index contributed by atoms with van der Waals surface area (Å²) in [6.45, 7) is 8.23. The third-order valence-electron chi connectivity index (χ3n) is 13.7. The van der Waals surface area contributed by atoms with E-state index >= 15 is 0 Å². The van der Waals surface area contributed by atoms with E-state index in [4.69, 9.17) is 19.7 Å². The average molecular weight is 754 g/mol. The van der Waals surface area contributed by atoms with Gasteiger partial charge in [-0.2, -0.15) is 0 Å². The van der Waals surface area contributed by atoms with Crippen molar-refractivity contribution in [3.63, 3.8) is 0 Å². The number of nitrogens with zero attached hydrogens (tertiary/aromatic N) is 4. The molecular weight excluding hydrogens is 698 g/mol. The first kappa shape index (κ1) is 40.9. The number of carbonyl (C=O) groups excluding carboxylic acids is 3. The fourth-order valence-electron chi connectivity index (χ4n) is 11.0. The Morgan fingerprint density at radius 2 is 1.74 bits per heavy atom. The Morgan fingerprint density at radius 3 is 2.44 bits per heavy atom. The number of azide groups is 1. The quantitative estimate of drug-likeness (QED) is 0.0315. The Kier molecular flexibility index (Phi) is 13.6. The summed E-state index contributed by atoms with van der Waals surface area (Å²) in [4.78, 5) is 63.3. The molecule has 0 aliphatic heterocycles. The maximum absolute atomic E-state index is 13.3. The van der Waals surface area contributed by atoms with Gasteiger partial charge in [-0.25, -0.2) is 4.79 Å². The third kappa shape index (κ3) is 9.34. The molecule has 15 heteroatoms. The van der Waals surface area contributed by atoms with Crippen molar-refractivity contribution in [3.8, 4) is 0 Å². The van der Waals surface area contributed by atoms with Crippen molar-refractivity contribution < 1.29 is 43.4 Å². The molecule has 15 nitrogen and oxygen atoms in total. The Labute approximate surface area is 316 Å². The Hall–Kier alpha value is -4.23. The van der Waals surface area contributed by atoms with E-state index in [1.165, 1.54) is 37.1 Å². The van der Waals surface area contributed by atoms with Crippen LogP contribution < -0.4 is 5.32 Å². The van der Waals surface area contributed by atoms with Crippen LogP contribution in [0.15, 0.2) is 29.4 Å². The van der Waals surface area contributed by atoms with Crippen LogP contribution in [0.25, 0.3) is 10.4 Å². The minimum Gasteiger partial charge on any atom is -0.481 e. The van der Waals surface area contributed by atoms with Gasteiger partial charge in [0, 0.05) is 35.6 Å². The number of carboxylic acid groups (broad SMARTS) is 1.